The van der Waals surface area contributed by atoms with Crippen LogP contribution in [0.2, 0.25) is 0 Å². The lowest BCUT2D eigenvalue weighted by atomic mass is 10.1. The third kappa shape index (κ3) is 3.08. The van der Waals surface area contributed by atoms with E-state index < -0.39 is 0 Å². The smallest absolute Gasteiger partial charge is 0.0923 e. The molecule has 1 aromatic heterocycles. The SMILES string of the molecule is C[C@H](N)Cn1ccc(-c2ccc(CCl)cc2)n1. The van der Waals surface area contributed by atoms with Crippen molar-refractivity contribution in [2.75, 3.05) is 0 Å². The summed E-state index contributed by atoms with van der Waals surface area (Å²) >= 11 is 5.75. The monoisotopic (exact) mass is 249 g/mol. The number of nitrogens with two attached hydrogens (primary N) is 1. The highest BCUT2D eigenvalue weighted by Gasteiger charge is 2.03. The molecule has 0 fully saturated rings. The fraction of sp³-hybridized carbons (Fsp3) is 0.308. The third-order valence-electron chi connectivity index (χ3n) is 2.52. The molecular weight excluding hydrogens is 234 g/mol. The second kappa shape index (κ2) is 5.34. The zero-order chi connectivity index (χ0) is 12.3. The number of hydrogen-bond acceptors (Lipinski definition) is 2. The van der Waals surface area contributed by atoms with E-state index in [2.05, 4.69) is 5.10 Å². The molecule has 0 bridgehead atoms. The minimum Gasteiger partial charge on any atom is -0.326 e. The molecule has 1 aromatic carbocycles. The highest BCUT2D eigenvalue weighted by Crippen LogP contribution is 2.18. The molecule has 1 atom stereocenters. The third-order valence-corrected chi connectivity index (χ3v) is 2.83. The van der Waals surface area contributed by atoms with E-state index in [0.29, 0.717) is 5.88 Å². The van der Waals surface area contributed by atoms with Crippen molar-refractivity contribution in [1.29, 1.82) is 0 Å². The van der Waals surface area contributed by atoms with Crippen LogP contribution >= 0.6 is 11.6 Å². The molecule has 0 saturated carbocycles. The molecule has 2 aromatic rings. The van der Waals surface area contributed by atoms with Crippen molar-refractivity contribution in [2.24, 2.45) is 5.73 Å². The second-order valence-electron chi connectivity index (χ2n) is 4.23. The zero-order valence-corrected chi connectivity index (χ0v) is 10.6. The summed E-state index contributed by atoms with van der Waals surface area (Å²) in [5, 5.41) is 4.48. The lowest BCUT2D eigenvalue weighted by Gasteiger charge is -2.04. The van der Waals surface area contributed by atoms with Gasteiger partial charge in [-0.25, -0.2) is 0 Å². The predicted octanol–water partition coefficient (Wildman–Crippen LogP) is 2.64. The van der Waals surface area contributed by atoms with Gasteiger partial charge < -0.3 is 5.73 Å². The molecule has 0 aliphatic rings. The maximum Gasteiger partial charge on any atom is 0.0923 e. The van der Waals surface area contributed by atoms with E-state index in [1.54, 1.807) is 0 Å². The Labute approximate surface area is 106 Å². The highest BCUT2D eigenvalue weighted by molar-refractivity contribution is 6.17. The van der Waals surface area contributed by atoms with Crippen molar-refractivity contribution in [3.63, 3.8) is 0 Å². The van der Waals surface area contributed by atoms with Gasteiger partial charge in [-0.05, 0) is 18.6 Å². The Kier molecular flexibility index (Phi) is 3.82. The van der Waals surface area contributed by atoms with Crippen LogP contribution in [0.1, 0.15) is 12.5 Å². The highest BCUT2D eigenvalue weighted by atomic mass is 35.5. The van der Waals surface area contributed by atoms with Gasteiger partial charge in [0.2, 0.25) is 0 Å². The second-order valence-corrected chi connectivity index (χ2v) is 4.50. The van der Waals surface area contributed by atoms with Gasteiger partial charge in [-0.15, -0.1) is 11.6 Å². The lowest BCUT2D eigenvalue weighted by Crippen LogP contribution is -2.22. The normalized spacial score (nSPS) is 12.6. The van der Waals surface area contributed by atoms with Crippen molar-refractivity contribution in [3.05, 3.63) is 42.1 Å². The number of rotatable bonds is 4. The van der Waals surface area contributed by atoms with Crippen molar-refractivity contribution < 1.29 is 0 Å². The van der Waals surface area contributed by atoms with E-state index in [9.17, 15) is 0 Å². The van der Waals surface area contributed by atoms with Gasteiger partial charge in [-0.2, -0.15) is 5.10 Å². The number of nitrogens with zero attached hydrogens (tertiary/aromatic N) is 2. The summed E-state index contributed by atoms with van der Waals surface area (Å²) < 4.78 is 1.87. The number of halogens is 1. The fourth-order valence-electron chi connectivity index (χ4n) is 1.68. The summed E-state index contributed by atoms with van der Waals surface area (Å²) in [5.41, 5.74) is 8.91. The van der Waals surface area contributed by atoms with Crippen LogP contribution in [-0.2, 0) is 12.4 Å². The summed E-state index contributed by atoms with van der Waals surface area (Å²) in [5.74, 6) is 0.541. The van der Waals surface area contributed by atoms with E-state index in [1.165, 1.54) is 0 Å². The Morgan fingerprint density at radius 3 is 2.59 bits per heavy atom. The molecule has 0 unspecified atom stereocenters. The van der Waals surface area contributed by atoms with Crippen LogP contribution in [0.3, 0.4) is 0 Å². The summed E-state index contributed by atoms with van der Waals surface area (Å²) in [6, 6.07) is 10.2. The van der Waals surface area contributed by atoms with E-state index in [1.807, 2.05) is 48.1 Å². The first-order chi connectivity index (χ1) is 8.19. The maximum absolute atomic E-state index is 5.75. The molecule has 17 heavy (non-hydrogen) atoms. The molecule has 2 N–H and O–H groups in total. The Balaban J connectivity index is 2.18. The predicted molar refractivity (Wildman–Crippen MR) is 70.9 cm³/mol. The largest absolute Gasteiger partial charge is 0.326 e. The molecule has 1 heterocycles. The Morgan fingerprint density at radius 2 is 2.00 bits per heavy atom. The molecule has 0 saturated heterocycles. The quantitative estimate of drug-likeness (QED) is 0.847. The first kappa shape index (κ1) is 12.1. The van der Waals surface area contributed by atoms with Gasteiger partial charge >= 0.3 is 0 Å². The van der Waals surface area contributed by atoms with E-state index in [4.69, 9.17) is 17.3 Å². The van der Waals surface area contributed by atoms with Crippen molar-refractivity contribution in [2.45, 2.75) is 25.4 Å². The molecule has 3 nitrogen and oxygen atoms in total. The van der Waals surface area contributed by atoms with Gasteiger partial charge in [0.25, 0.3) is 0 Å². The van der Waals surface area contributed by atoms with Crippen LogP contribution in [0.25, 0.3) is 11.3 Å². The summed E-state index contributed by atoms with van der Waals surface area (Å²) in [4.78, 5) is 0. The molecule has 0 spiro atoms. The zero-order valence-electron chi connectivity index (χ0n) is 9.81. The van der Waals surface area contributed by atoms with Crippen LogP contribution in [0.4, 0.5) is 0 Å². The van der Waals surface area contributed by atoms with Gasteiger partial charge in [0.05, 0.1) is 12.2 Å². The summed E-state index contributed by atoms with van der Waals surface area (Å²) in [6.07, 6.45) is 1.95. The Bertz CT molecular complexity index is 474. The molecule has 4 heteroatoms. The van der Waals surface area contributed by atoms with Crippen LogP contribution in [0.15, 0.2) is 36.5 Å². The molecule has 0 aliphatic carbocycles. The van der Waals surface area contributed by atoms with Gasteiger partial charge in [0, 0.05) is 23.7 Å². The topological polar surface area (TPSA) is 43.8 Å². The van der Waals surface area contributed by atoms with Crippen molar-refractivity contribution >= 4 is 11.6 Å². The van der Waals surface area contributed by atoms with Gasteiger partial charge in [-0.3, -0.25) is 4.68 Å². The van der Waals surface area contributed by atoms with Crippen LogP contribution in [0.5, 0.6) is 0 Å². The Hall–Kier alpha value is -1.32. The number of hydrogen-bond donors (Lipinski definition) is 1. The molecular formula is C13H16ClN3. The first-order valence-electron chi connectivity index (χ1n) is 5.63. The number of alkyl halides is 1. The molecule has 0 radical (unpaired) electrons. The average Bonchev–Trinajstić information content (AvgIpc) is 2.77. The van der Waals surface area contributed by atoms with Gasteiger partial charge in [0.15, 0.2) is 0 Å². The standard InChI is InChI=1S/C13H16ClN3/c1-10(15)9-17-7-6-13(16-17)12-4-2-11(8-14)3-5-12/h2-7,10H,8-9,15H2,1H3/t10-/m0/s1. The van der Waals surface area contributed by atoms with Crippen LogP contribution in [0, 0.1) is 0 Å². The average molecular weight is 250 g/mol. The number of aromatic nitrogens is 2. The van der Waals surface area contributed by atoms with Crippen molar-refractivity contribution in [3.8, 4) is 11.3 Å². The Morgan fingerprint density at radius 1 is 1.29 bits per heavy atom. The van der Waals surface area contributed by atoms with Gasteiger partial charge in [-0.1, -0.05) is 24.3 Å². The maximum atomic E-state index is 5.75. The fourth-order valence-corrected chi connectivity index (χ4v) is 1.86. The minimum atomic E-state index is 0.112. The van der Waals surface area contributed by atoms with E-state index in [0.717, 1.165) is 23.4 Å². The molecule has 0 aliphatic heterocycles. The number of benzene rings is 1. The van der Waals surface area contributed by atoms with Crippen molar-refractivity contribution in [1.82, 2.24) is 9.78 Å². The lowest BCUT2D eigenvalue weighted by molar-refractivity contribution is 0.540. The van der Waals surface area contributed by atoms with Crippen LogP contribution < -0.4 is 5.73 Å². The molecule has 2 rings (SSSR count). The summed E-state index contributed by atoms with van der Waals surface area (Å²) in [7, 11) is 0. The molecule has 90 valence electrons. The minimum absolute atomic E-state index is 0.112. The summed E-state index contributed by atoms with van der Waals surface area (Å²) in [6.45, 7) is 2.70. The molecule has 0 amide bonds. The van der Waals surface area contributed by atoms with Gasteiger partial charge in [0.1, 0.15) is 0 Å². The first-order valence-corrected chi connectivity index (χ1v) is 6.17. The van der Waals surface area contributed by atoms with E-state index in [-0.39, 0.29) is 6.04 Å². The van der Waals surface area contributed by atoms with E-state index >= 15 is 0 Å². The van der Waals surface area contributed by atoms with Crippen LogP contribution in [-0.4, -0.2) is 15.8 Å².